The van der Waals surface area contributed by atoms with Crippen LogP contribution in [0.5, 0.6) is 0 Å². The summed E-state index contributed by atoms with van der Waals surface area (Å²) in [5.41, 5.74) is 2.47. The van der Waals surface area contributed by atoms with Gasteiger partial charge in [-0.25, -0.2) is 0 Å². The van der Waals surface area contributed by atoms with Gasteiger partial charge in [-0.2, -0.15) is 0 Å². The second kappa shape index (κ2) is 5.34. The monoisotopic (exact) mass is 245 g/mol. The summed E-state index contributed by atoms with van der Waals surface area (Å²) in [6, 6.07) is 8.36. The maximum absolute atomic E-state index is 11.7. The average molecular weight is 245 g/mol. The molecule has 1 unspecified atom stereocenters. The molecule has 18 heavy (non-hydrogen) atoms. The minimum absolute atomic E-state index is 0.0647. The highest BCUT2D eigenvalue weighted by Crippen LogP contribution is 2.21. The summed E-state index contributed by atoms with van der Waals surface area (Å²) in [5.74, 6) is 0.158. The van der Waals surface area contributed by atoms with Crippen molar-refractivity contribution in [3.63, 3.8) is 0 Å². The second-order valence-corrected chi connectivity index (χ2v) is 5.25. The third kappa shape index (κ3) is 2.97. The summed E-state index contributed by atoms with van der Waals surface area (Å²) in [6.07, 6.45) is 1.84. The summed E-state index contributed by atoms with van der Waals surface area (Å²) >= 11 is 0. The zero-order chi connectivity index (χ0) is 13.1. The van der Waals surface area contributed by atoms with Crippen LogP contribution in [0.4, 0.5) is 0 Å². The largest absolute Gasteiger partial charge is 0.296 e. The Kier molecular flexibility index (Phi) is 3.80. The summed E-state index contributed by atoms with van der Waals surface area (Å²) in [5, 5.41) is 2.41. The van der Waals surface area contributed by atoms with Crippen molar-refractivity contribution < 1.29 is 9.59 Å². The summed E-state index contributed by atoms with van der Waals surface area (Å²) < 4.78 is 0. The molecular formula is C15H19NO2. The molecule has 0 aromatic heterocycles. The first-order chi connectivity index (χ1) is 8.56. The Morgan fingerprint density at radius 2 is 2.11 bits per heavy atom. The Labute approximate surface area is 108 Å². The minimum Gasteiger partial charge on any atom is -0.296 e. The van der Waals surface area contributed by atoms with Crippen molar-refractivity contribution in [1.82, 2.24) is 5.32 Å². The van der Waals surface area contributed by atoms with E-state index in [1.807, 2.05) is 6.07 Å². The molecule has 1 aliphatic heterocycles. The molecule has 3 nitrogen and oxygen atoms in total. The smallest absolute Gasteiger partial charge is 0.230 e. The molecule has 1 aromatic carbocycles. The van der Waals surface area contributed by atoms with E-state index in [0.29, 0.717) is 18.8 Å². The highest BCUT2D eigenvalue weighted by atomic mass is 16.2. The van der Waals surface area contributed by atoms with Crippen LogP contribution in [0.1, 0.15) is 43.7 Å². The molecule has 0 aliphatic carbocycles. The van der Waals surface area contributed by atoms with Gasteiger partial charge in [0.25, 0.3) is 0 Å². The number of nitrogens with one attached hydrogen (secondary N) is 1. The molecule has 1 N–H and O–H groups in total. The third-order valence-electron chi connectivity index (χ3n) is 3.45. The lowest BCUT2D eigenvalue weighted by Crippen LogP contribution is -2.41. The number of piperidine rings is 1. The Bertz CT molecular complexity index is 465. The predicted molar refractivity (Wildman–Crippen MR) is 70.1 cm³/mol. The number of rotatable bonds is 3. The predicted octanol–water partition coefficient (Wildman–Crippen LogP) is 2.41. The maximum atomic E-state index is 11.7. The van der Waals surface area contributed by atoms with Crippen LogP contribution >= 0.6 is 0 Å². The fourth-order valence-electron chi connectivity index (χ4n) is 2.30. The molecule has 1 heterocycles. The highest BCUT2D eigenvalue weighted by Gasteiger charge is 2.26. The highest BCUT2D eigenvalue weighted by molar-refractivity contribution is 5.98. The molecule has 0 saturated carbocycles. The van der Waals surface area contributed by atoms with Gasteiger partial charge in [-0.1, -0.05) is 38.1 Å². The molecule has 2 rings (SSSR count). The van der Waals surface area contributed by atoms with E-state index in [-0.39, 0.29) is 17.7 Å². The van der Waals surface area contributed by atoms with Gasteiger partial charge in [0.15, 0.2) is 0 Å². The van der Waals surface area contributed by atoms with Gasteiger partial charge >= 0.3 is 0 Å². The Morgan fingerprint density at radius 3 is 2.78 bits per heavy atom. The topological polar surface area (TPSA) is 46.2 Å². The van der Waals surface area contributed by atoms with Crippen LogP contribution in [-0.2, 0) is 16.0 Å². The van der Waals surface area contributed by atoms with Gasteiger partial charge in [-0.15, -0.1) is 0 Å². The molecule has 0 spiro atoms. The molecular weight excluding hydrogens is 226 g/mol. The van der Waals surface area contributed by atoms with Crippen molar-refractivity contribution >= 4 is 11.8 Å². The minimum atomic E-state index is -0.146. The Morgan fingerprint density at radius 1 is 1.33 bits per heavy atom. The van der Waals surface area contributed by atoms with Crippen LogP contribution in [0.25, 0.3) is 0 Å². The van der Waals surface area contributed by atoms with Gasteiger partial charge in [-0.3, -0.25) is 14.9 Å². The first-order valence-electron chi connectivity index (χ1n) is 6.49. The number of carbonyl (C=O) groups is 2. The maximum Gasteiger partial charge on any atom is 0.230 e. The van der Waals surface area contributed by atoms with Gasteiger partial charge in [0.2, 0.25) is 11.8 Å². The van der Waals surface area contributed by atoms with Crippen LogP contribution in [0.3, 0.4) is 0 Å². The Balaban J connectivity index is 2.07. The van der Waals surface area contributed by atoms with E-state index in [2.05, 4.69) is 37.4 Å². The van der Waals surface area contributed by atoms with Crippen molar-refractivity contribution in [3.05, 3.63) is 35.4 Å². The van der Waals surface area contributed by atoms with Crippen molar-refractivity contribution in [1.29, 1.82) is 0 Å². The van der Waals surface area contributed by atoms with Crippen LogP contribution in [0.15, 0.2) is 24.3 Å². The standard InChI is InChI=1S/C15H19NO2/c1-10(2)12-5-3-4-11(8-12)9-13-6-7-14(17)16-15(13)18/h3-5,8,10,13H,6-7,9H2,1-2H3,(H,16,17,18). The van der Waals surface area contributed by atoms with Crippen molar-refractivity contribution in [2.45, 2.75) is 39.0 Å². The van der Waals surface area contributed by atoms with E-state index in [1.54, 1.807) is 0 Å². The first kappa shape index (κ1) is 12.8. The zero-order valence-electron chi connectivity index (χ0n) is 10.9. The number of imide groups is 1. The summed E-state index contributed by atoms with van der Waals surface area (Å²) in [7, 11) is 0. The molecule has 0 radical (unpaired) electrons. The van der Waals surface area contributed by atoms with Crippen molar-refractivity contribution in [2.75, 3.05) is 0 Å². The third-order valence-corrected chi connectivity index (χ3v) is 3.45. The van der Waals surface area contributed by atoms with Crippen LogP contribution < -0.4 is 5.32 Å². The molecule has 1 atom stereocenters. The van der Waals surface area contributed by atoms with Gasteiger partial charge < -0.3 is 0 Å². The van der Waals surface area contributed by atoms with Gasteiger partial charge in [0.1, 0.15) is 0 Å². The molecule has 96 valence electrons. The number of carbonyl (C=O) groups excluding carboxylic acids is 2. The lowest BCUT2D eigenvalue weighted by atomic mass is 9.90. The normalized spacial score (nSPS) is 20.1. The molecule has 1 fully saturated rings. The molecule has 1 aliphatic rings. The SMILES string of the molecule is CC(C)c1cccc(CC2CCC(=O)NC2=O)c1. The zero-order valence-corrected chi connectivity index (χ0v) is 10.9. The number of benzene rings is 1. The van der Waals surface area contributed by atoms with E-state index < -0.39 is 0 Å². The van der Waals surface area contributed by atoms with E-state index in [0.717, 1.165) is 6.42 Å². The molecule has 2 amide bonds. The van der Waals surface area contributed by atoms with Crippen LogP contribution in [0, 0.1) is 5.92 Å². The lowest BCUT2D eigenvalue weighted by molar-refractivity contribution is -0.136. The number of hydrogen-bond donors (Lipinski definition) is 1. The van der Waals surface area contributed by atoms with E-state index in [1.165, 1.54) is 11.1 Å². The van der Waals surface area contributed by atoms with E-state index in [4.69, 9.17) is 0 Å². The van der Waals surface area contributed by atoms with Gasteiger partial charge in [0.05, 0.1) is 0 Å². The van der Waals surface area contributed by atoms with Crippen molar-refractivity contribution in [3.8, 4) is 0 Å². The average Bonchev–Trinajstić information content (AvgIpc) is 2.33. The van der Waals surface area contributed by atoms with Crippen LogP contribution in [0.2, 0.25) is 0 Å². The van der Waals surface area contributed by atoms with E-state index in [9.17, 15) is 9.59 Å². The first-order valence-corrected chi connectivity index (χ1v) is 6.49. The van der Waals surface area contributed by atoms with E-state index >= 15 is 0 Å². The summed E-state index contributed by atoms with van der Waals surface area (Å²) in [4.78, 5) is 22.8. The fraction of sp³-hybridized carbons (Fsp3) is 0.467. The molecule has 1 aromatic rings. The molecule has 1 saturated heterocycles. The quantitative estimate of drug-likeness (QED) is 0.831. The molecule has 0 bridgehead atoms. The number of hydrogen-bond acceptors (Lipinski definition) is 2. The summed E-state index contributed by atoms with van der Waals surface area (Å²) in [6.45, 7) is 4.32. The van der Waals surface area contributed by atoms with Crippen LogP contribution in [-0.4, -0.2) is 11.8 Å². The number of amides is 2. The molecule has 3 heteroatoms. The second-order valence-electron chi connectivity index (χ2n) is 5.25. The van der Waals surface area contributed by atoms with Crippen molar-refractivity contribution in [2.24, 2.45) is 5.92 Å². The Hall–Kier alpha value is -1.64. The lowest BCUT2D eigenvalue weighted by Gasteiger charge is -2.21. The van der Waals surface area contributed by atoms with Gasteiger partial charge in [-0.05, 0) is 29.9 Å². The fourth-order valence-corrected chi connectivity index (χ4v) is 2.30. The van der Waals surface area contributed by atoms with Gasteiger partial charge in [0, 0.05) is 12.3 Å².